The van der Waals surface area contributed by atoms with E-state index in [1.807, 2.05) is 0 Å². The first kappa shape index (κ1) is 7.58. The van der Waals surface area contributed by atoms with Crippen LogP contribution >= 0.6 is 11.6 Å². The van der Waals surface area contributed by atoms with Crippen molar-refractivity contribution < 1.29 is 5.11 Å². The predicted molar refractivity (Wildman–Crippen MR) is 41.8 cm³/mol. The summed E-state index contributed by atoms with van der Waals surface area (Å²) in [5.74, 6) is 0. The van der Waals surface area contributed by atoms with Gasteiger partial charge in [0.2, 0.25) is 0 Å². The molecule has 1 unspecified atom stereocenters. The Labute approximate surface area is 65.3 Å². The molecule has 0 bridgehead atoms. The van der Waals surface area contributed by atoms with E-state index in [1.165, 1.54) is 0 Å². The molecule has 0 amide bonds. The topological polar surface area (TPSA) is 20.2 Å². The molecule has 0 aromatic heterocycles. The van der Waals surface area contributed by atoms with Gasteiger partial charge in [0.25, 0.3) is 0 Å². The Bertz CT molecular complexity index is 220. The molecule has 0 spiro atoms. The summed E-state index contributed by atoms with van der Waals surface area (Å²) in [5.41, 5.74) is 0.743. The highest BCUT2D eigenvalue weighted by Crippen LogP contribution is 2.16. The van der Waals surface area contributed by atoms with Gasteiger partial charge in [-0.05, 0) is 24.6 Å². The molecule has 10 heavy (non-hydrogen) atoms. The molecule has 0 saturated carbocycles. The van der Waals surface area contributed by atoms with Crippen LogP contribution in [0.15, 0.2) is 24.3 Å². The molecule has 1 atom stereocenters. The summed E-state index contributed by atoms with van der Waals surface area (Å²) in [4.78, 5) is 0. The maximum atomic E-state index is 8.98. The highest BCUT2D eigenvalue weighted by Gasteiger charge is 1.98. The Morgan fingerprint density at radius 2 is 2.20 bits per heavy atom. The lowest BCUT2D eigenvalue weighted by atomic mass is 10.1. The molecule has 53 valence electrons. The Kier molecular flexibility index (Phi) is 2.30. The molecule has 1 aromatic rings. The summed E-state index contributed by atoms with van der Waals surface area (Å²) in [6.45, 7) is 3.45. The zero-order valence-corrected chi connectivity index (χ0v) is 6.17. The number of benzene rings is 1. The van der Waals surface area contributed by atoms with Gasteiger partial charge in [0, 0.05) is 5.02 Å². The smallest absolute Gasteiger partial charge is 0.0791 e. The van der Waals surface area contributed by atoms with Crippen molar-refractivity contribution in [1.29, 1.82) is 0 Å². The van der Waals surface area contributed by atoms with E-state index >= 15 is 0 Å². The van der Waals surface area contributed by atoms with E-state index in [-0.39, 0.29) is 0 Å². The van der Waals surface area contributed by atoms with Gasteiger partial charge < -0.3 is 5.11 Å². The molecule has 0 aliphatic heterocycles. The third-order valence-electron chi connectivity index (χ3n) is 1.23. The zero-order chi connectivity index (χ0) is 7.56. The van der Waals surface area contributed by atoms with Crippen molar-refractivity contribution in [1.82, 2.24) is 0 Å². The summed E-state index contributed by atoms with van der Waals surface area (Å²) in [7, 11) is 0. The summed E-state index contributed by atoms with van der Waals surface area (Å²) in [5, 5.41) is 9.60. The number of aliphatic hydroxyl groups excluding tert-OH is 1. The molecule has 1 rings (SSSR count). The maximum absolute atomic E-state index is 8.98. The van der Waals surface area contributed by atoms with Crippen LogP contribution in [0.4, 0.5) is 0 Å². The first-order valence-electron chi connectivity index (χ1n) is 2.97. The first-order valence-corrected chi connectivity index (χ1v) is 3.34. The van der Waals surface area contributed by atoms with Gasteiger partial charge in [-0.25, -0.2) is 0 Å². The molecule has 0 fully saturated rings. The molecular formula is C8H8ClO. The van der Waals surface area contributed by atoms with Crippen molar-refractivity contribution in [2.24, 2.45) is 0 Å². The van der Waals surface area contributed by atoms with Crippen LogP contribution in [-0.2, 0) is 0 Å². The van der Waals surface area contributed by atoms with Crippen LogP contribution in [0, 0.1) is 6.92 Å². The normalized spacial score (nSPS) is 13.1. The van der Waals surface area contributed by atoms with Crippen molar-refractivity contribution in [2.75, 3.05) is 0 Å². The Hall–Kier alpha value is -0.530. The van der Waals surface area contributed by atoms with E-state index in [9.17, 15) is 0 Å². The average molecular weight is 156 g/mol. The van der Waals surface area contributed by atoms with Gasteiger partial charge in [0.05, 0.1) is 6.10 Å². The molecule has 1 nitrogen and oxygen atoms in total. The molecule has 0 heterocycles. The largest absolute Gasteiger partial charge is 0.388 e. The van der Waals surface area contributed by atoms with Crippen LogP contribution in [0.25, 0.3) is 0 Å². The SMILES string of the molecule is [CH2]C(O)c1cccc(Cl)c1. The average Bonchev–Trinajstić information content (AvgIpc) is 1.88. The van der Waals surface area contributed by atoms with Crippen LogP contribution < -0.4 is 0 Å². The molecular weight excluding hydrogens is 148 g/mol. The summed E-state index contributed by atoms with van der Waals surface area (Å²) < 4.78 is 0. The van der Waals surface area contributed by atoms with E-state index in [1.54, 1.807) is 24.3 Å². The minimum Gasteiger partial charge on any atom is -0.388 e. The summed E-state index contributed by atoms with van der Waals surface area (Å²) in [6.07, 6.45) is -0.682. The molecule has 1 aromatic carbocycles. The van der Waals surface area contributed by atoms with Gasteiger partial charge in [-0.1, -0.05) is 23.7 Å². The predicted octanol–water partition coefficient (Wildman–Crippen LogP) is 2.21. The number of aliphatic hydroxyl groups is 1. The van der Waals surface area contributed by atoms with Crippen molar-refractivity contribution in [3.63, 3.8) is 0 Å². The fourth-order valence-electron chi connectivity index (χ4n) is 0.714. The Morgan fingerprint density at radius 1 is 1.50 bits per heavy atom. The minimum absolute atomic E-state index is 0.625. The van der Waals surface area contributed by atoms with E-state index < -0.39 is 6.10 Å². The second-order valence-electron chi connectivity index (χ2n) is 2.07. The van der Waals surface area contributed by atoms with Crippen LogP contribution in [0.2, 0.25) is 5.02 Å². The van der Waals surface area contributed by atoms with Gasteiger partial charge in [-0.15, -0.1) is 0 Å². The lowest BCUT2D eigenvalue weighted by Crippen LogP contribution is -1.89. The fourth-order valence-corrected chi connectivity index (χ4v) is 0.913. The second kappa shape index (κ2) is 3.04. The van der Waals surface area contributed by atoms with Crippen molar-refractivity contribution >= 4 is 11.6 Å². The van der Waals surface area contributed by atoms with E-state index in [4.69, 9.17) is 16.7 Å². The number of rotatable bonds is 1. The highest BCUT2D eigenvalue weighted by atomic mass is 35.5. The van der Waals surface area contributed by atoms with Crippen LogP contribution in [0.5, 0.6) is 0 Å². The van der Waals surface area contributed by atoms with Crippen LogP contribution in [-0.4, -0.2) is 5.11 Å². The molecule has 0 aliphatic rings. The third kappa shape index (κ3) is 1.72. The summed E-state index contributed by atoms with van der Waals surface area (Å²) in [6, 6.07) is 7.02. The number of hydrogen-bond acceptors (Lipinski definition) is 1. The van der Waals surface area contributed by atoms with Gasteiger partial charge in [-0.3, -0.25) is 0 Å². The number of hydrogen-bond donors (Lipinski definition) is 1. The lowest BCUT2D eigenvalue weighted by molar-refractivity contribution is 0.226. The maximum Gasteiger partial charge on any atom is 0.0791 e. The van der Waals surface area contributed by atoms with Gasteiger partial charge >= 0.3 is 0 Å². The third-order valence-corrected chi connectivity index (χ3v) is 1.47. The van der Waals surface area contributed by atoms with E-state index in [0.717, 1.165) is 5.56 Å². The van der Waals surface area contributed by atoms with Crippen molar-refractivity contribution in [3.8, 4) is 0 Å². The second-order valence-corrected chi connectivity index (χ2v) is 2.51. The highest BCUT2D eigenvalue weighted by molar-refractivity contribution is 6.30. The molecule has 1 N–H and O–H groups in total. The first-order chi connectivity index (χ1) is 4.70. The summed E-state index contributed by atoms with van der Waals surface area (Å²) >= 11 is 5.65. The molecule has 2 heteroatoms. The van der Waals surface area contributed by atoms with Gasteiger partial charge in [0.15, 0.2) is 0 Å². The Balaban J connectivity index is 2.96. The lowest BCUT2D eigenvalue weighted by Gasteiger charge is -2.02. The number of halogens is 1. The molecule has 0 saturated heterocycles. The van der Waals surface area contributed by atoms with E-state index in [0.29, 0.717) is 5.02 Å². The fraction of sp³-hybridized carbons (Fsp3) is 0.125. The van der Waals surface area contributed by atoms with Gasteiger partial charge in [0.1, 0.15) is 0 Å². The minimum atomic E-state index is -0.682. The standard InChI is InChI=1S/C8H8ClO/c1-6(10)7-3-2-4-8(9)5-7/h2-6,10H,1H2. The zero-order valence-electron chi connectivity index (χ0n) is 5.42. The molecule has 0 aliphatic carbocycles. The van der Waals surface area contributed by atoms with Crippen LogP contribution in [0.3, 0.4) is 0 Å². The Morgan fingerprint density at radius 3 is 2.60 bits per heavy atom. The quantitative estimate of drug-likeness (QED) is 0.660. The van der Waals surface area contributed by atoms with Crippen molar-refractivity contribution in [2.45, 2.75) is 6.10 Å². The van der Waals surface area contributed by atoms with Gasteiger partial charge in [-0.2, -0.15) is 0 Å². The molecule has 1 radical (unpaired) electrons. The van der Waals surface area contributed by atoms with Crippen LogP contribution in [0.1, 0.15) is 11.7 Å². The van der Waals surface area contributed by atoms with Crippen molar-refractivity contribution in [3.05, 3.63) is 41.8 Å². The van der Waals surface area contributed by atoms with E-state index in [2.05, 4.69) is 6.92 Å². The monoisotopic (exact) mass is 155 g/mol.